The number of thiazole rings is 1. The number of piperidine rings is 1. The number of ether oxygens (including phenoxy) is 2. The summed E-state index contributed by atoms with van der Waals surface area (Å²) in [6.07, 6.45) is 3.52. The molecular weight excluding hydrogens is 514 g/mol. The molecule has 1 aliphatic rings. The van der Waals surface area contributed by atoms with Crippen LogP contribution in [0.4, 0.5) is 0 Å². The Bertz CT molecular complexity index is 1460. The van der Waals surface area contributed by atoms with Crippen LogP contribution in [0.25, 0.3) is 10.2 Å². The number of aromatic nitrogens is 1. The molecule has 1 atom stereocenters. The normalized spacial score (nSPS) is 17.3. The zero-order chi connectivity index (χ0) is 26.6. The Morgan fingerprint density at radius 2 is 1.81 bits per heavy atom. The van der Waals surface area contributed by atoms with Gasteiger partial charge in [-0.15, -0.1) is 0 Å². The van der Waals surface area contributed by atoms with Gasteiger partial charge in [0.1, 0.15) is 0 Å². The van der Waals surface area contributed by atoms with E-state index in [0.29, 0.717) is 30.1 Å². The maximum Gasteiger partial charge on any atom is 0.337 e. The number of esters is 1. The topological polar surface area (TPSA) is 107 Å². The van der Waals surface area contributed by atoms with Crippen molar-refractivity contribution in [2.24, 2.45) is 4.99 Å². The van der Waals surface area contributed by atoms with E-state index in [0.717, 1.165) is 35.9 Å². The van der Waals surface area contributed by atoms with Crippen molar-refractivity contribution in [1.29, 1.82) is 0 Å². The summed E-state index contributed by atoms with van der Waals surface area (Å²) in [5.41, 5.74) is 1.51. The molecule has 0 N–H and O–H groups in total. The van der Waals surface area contributed by atoms with Gasteiger partial charge in [0.05, 0.1) is 34.4 Å². The van der Waals surface area contributed by atoms with Crippen LogP contribution in [0.2, 0.25) is 0 Å². The number of hydrogen-bond acceptors (Lipinski definition) is 7. The molecule has 198 valence electrons. The Balaban J connectivity index is 1.66. The first-order valence-electron chi connectivity index (χ1n) is 12.2. The first-order valence-corrected chi connectivity index (χ1v) is 14.5. The van der Waals surface area contributed by atoms with Crippen LogP contribution in [-0.2, 0) is 26.0 Å². The van der Waals surface area contributed by atoms with Crippen LogP contribution < -0.4 is 4.80 Å². The van der Waals surface area contributed by atoms with Crippen LogP contribution in [0.5, 0.6) is 0 Å². The minimum Gasteiger partial charge on any atom is -0.465 e. The third kappa shape index (κ3) is 5.69. The van der Waals surface area contributed by atoms with Crippen LogP contribution in [-0.4, -0.2) is 62.6 Å². The molecule has 0 spiro atoms. The first-order chi connectivity index (χ1) is 17.8. The summed E-state index contributed by atoms with van der Waals surface area (Å²) >= 11 is 1.28. The molecular formula is C26H31N3O6S2. The summed E-state index contributed by atoms with van der Waals surface area (Å²) in [6, 6.07) is 11.1. The van der Waals surface area contributed by atoms with Crippen LogP contribution in [0.3, 0.4) is 0 Å². The molecule has 0 bridgehead atoms. The number of carbonyl (C=O) groups is 2. The standard InChI is InChI=1S/C26H31N3O6S2/c1-4-20-7-5-6-14-29(20)37(32,33)21-11-8-18(9-12-21)24(30)27-26-28(15-16-34-2)22-13-10-19(25(31)35-3)17-23(22)36-26/h8-13,17,20H,4-7,14-16H2,1-3H3. The third-order valence-electron chi connectivity index (χ3n) is 6.57. The molecule has 1 aliphatic heterocycles. The van der Waals surface area contributed by atoms with E-state index in [1.807, 2.05) is 11.5 Å². The number of methoxy groups -OCH3 is 2. The van der Waals surface area contributed by atoms with E-state index < -0.39 is 21.9 Å². The van der Waals surface area contributed by atoms with E-state index in [-0.39, 0.29) is 16.5 Å². The van der Waals surface area contributed by atoms with Gasteiger partial charge in [0.25, 0.3) is 5.91 Å². The maximum atomic E-state index is 13.2. The fraction of sp³-hybridized carbons (Fsp3) is 0.423. The quantitative estimate of drug-likeness (QED) is 0.398. The summed E-state index contributed by atoms with van der Waals surface area (Å²) in [6.45, 7) is 3.40. The molecule has 2 aromatic carbocycles. The lowest BCUT2D eigenvalue weighted by molar-refractivity contribution is 0.0600. The zero-order valence-electron chi connectivity index (χ0n) is 21.2. The molecule has 3 aromatic rings. The van der Waals surface area contributed by atoms with Gasteiger partial charge in [0.2, 0.25) is 10.0 Å². The summed E-state index contributed by atoms with van der Waals surface area (Å²) in [5, 5.41) is 0. The van der Waals surface area contributed by atoms with E-state index >= 15 is 0 Å². The average Bonchev–Trinajstić information content (AvgIpc) is 3.27. The fourth-order valence-corrected chi connectivity index (χ4v) is 7.42. The third-order valence-corrected chi connectivity index (χ3v) is 9.58. The average molecular weight is 546 g/mol. The molecule has 0 saturated carbocycles. The Kier molecular flexibility index (Phi) is 8.58. The van der Waals surface area contributed by atoms with E-state index in [9.17, 15) is 18.0 Å². The number of amides is 1. The van der Waals surface area contributed by atoms with Gasteiger partial charge in [-0.25, -0.2) is 13.2 Å². The Labute approximate surface area is 220 Å². The highest BCUT2D eigenvalue weighted by molar-refractivity contribution is 7.89. The molecule has 4 rings (SSSR count). The van der Waals surface area contributed by atoms with Gasteiger partial charge in [-0.2, -0.15) is 9.30 Å². The molecule has 9 nitrogen and oxygen atoms in total. The zero-order valence-corrected chi connectivity index (χ0v) is 22.8. The van der Waals surface area contributed by atoms with Crippen molar-refractivity contribution in [2.45, 2.75) is 50.1 Å². The molecule has 1 aromatic heterocycles. The van der Waals surface area contributed by atoms with Gasteiger partial charge < -0.3 is 14.0 Å². The summed E-state index contributed by atoms with van der Waals surface area (Å²) in [7, 11) is -0.719. The predicted molar refractivity (Wildman–Crippen MR) is 141 cm³/mol. The van der Waals surface area contributed by atoms with Gasteiger partial charge in [-0.05, 0) is 61.7 Å². The predicted octanol–water partition coefficient (Wildman–Crippen LogP) is 3.83. The SMILES string of the molecule is CCC1CCCCN1S(=O)(=O)c1ccc(C(=O)N=c2sc3cc(C(=O)OC)ccc3n2CCOC)cc1. The minimum atomic E-state index is -3.63. The van der Waals surface area contributed by atoms with Gasteiger partial charge in [-0.3, -0.25) is 4.79 Å². The molecule has 1 amide bonds. The van der Waals surface area contributed by atoms with Gasteiger partial charge in [-0.1, -0.05) is 24.7 Å². The summed E-state index contributed by atoms with van der Waals surface area (Å²) in [4.78, 5) is 30.0. The Hall–Kier alpha value is -2.86. The lowest BCUT2D eigenvalue weighted by Gasteiger charge is -2.34. The smallest absolute Gasteiger partial charge is 0.337 e. The number of fused-ring (bicyclic) bond motifs is 1. The number of benzene rings is 2. The highest BCUT2D eigenvalue weighted by atomic mass is 32.2. The van der Waals surface area contributed by atoms with Crippen LogP contribution in [0, 0.1) is 0 Å². The maximum absolute atomic E-state index is 13.2. The van der Waals surface area contributed by atoms with Crippen molar-refractivity contribution in [3.63, 3.8) is 0 Å². The monoisotopic (exact) mass is 545 g/mol. The van der Waals surface area contributed by atoms with Gasteiger partial charge in [0, 0.05) is 31.8 Å². The van der Waals surface area contributed by atoms with Crippen LogP contribution in [0.15, 0.2) is 52.4 Å². The molecule has 11 heteroatoms. The highest BCUT2D eigenvalue weighted by Crippen LogP contribution is 2.27. The minimum absolute atomic E-state index is 0.00487. The number of rotatable bonds is 8. The Morgan fingerprint density at radius 1 is 1.08 bits per heavy atom. The Morgan fingerprint density at radius 3 is 2.49 bits per heavy atom. The molecule has 0 radical (unpaired) electrons. The second kappa shape index (κ2) is 11.7. The van der Waals surface area contributed by atoms with Crippen molar-refractivity contribution in [1.82, 2.24) is 8.87 Å². The molecule has 37 heavy (non-hydrogen) atoms. The van der Waals surface area contributed by atoms with Crippen molar-refractivity contribution in [3.05, 3.63) is 58.4 Å². The van der Waals surface area contributed by atoms with E-state index in [2.05, 4.69) is 4.99 Å². The van der Waals surface area contributed by atoms with Crippen LogP contribution >= 0.6 is 11.3 Å². The molecule has 2 heterocycles. The van der Waals surface area contributed by atoms with Crippen molar-refractivity contribution in [2.75, 3.05) is 27.4 Å². The number of sulfonamides is 1. The molecule has 0 aliphatic carbocycles. The van der Waals surface area contributed by atoms with Crippen molar-refractivity contribution < 1.29 is 27.5 Å². The van der Waals surface area contributed by atoms with Crippen LogP contribution in [0.1, 0.15) is 53.3 Å². The molecule has 1 unspecified atom stereocenters. The fourth-order valence-electron chi connectivity index (χ4n) is 4.56. The van der Waals surface area contributed by atoms with E-state index in [1.54, 1.807) is 29.6 Å². The summed E-state index contributed by atoms with van der Waals surface area (Å²) < 4.78 is 40.7. The van der Waals surface area contributed by atoms with Gasteiger partial charge in [0.15, 0.2) is 4.80 Å². The largest absolute Gasteiger partial charge is 0.465 e. The van der Waals surface area contributed by atoms with Crippen molar-refractivity contribution >= 4 is 43.5 Å². The second-order valence-corrected chi connectivity index (χ2v) is 11.7. The number of carbonyl (C=O) groups excluding carboxylic acids is 2. The van der Waals surface area contributed by atoms with Gasteiger partial charge >= 0.3 is 5.97 Å². The highest BCUT2D eigenvalue weighted by Gasteiger charge is 2.32. The first kappa shape index (κ1) is 27.2. The summed E-state index contributed by atoms with van der Waals surface area (Å²) in [5.74, 6) is -0.933. The molecule has 1 saturated heterocycles. The lowest BCUT2D eigenvalue weighted by Crippen LogP contribution is -2.43. The lowest BCUT2D eigenvalue weighted by atomic mass is 10.0. The van der Waals surface area contributed by atoms with Crippen molar-refractivity contribution in [3.8, 4) is 0 Å². The van der Waals surface area contributed by atoms with E-state index in [1.165, 1.54) is 42.7 Å². The number of hydrogen-bond donors (Lipinski definition) is 0. The van der Waals surface area contributed by atoms with E-state index in [4.69, 9.17) is 9.47 Å². The molecule has 1 fully saturated rings. The number of nitrogens with zero attached hydrogens (tertiary/aromatic N) is 3. The second-order valence-electron chi connectivity index (χ2n) is 8.82.